The predicted octanol–water partition coefficient (Wildman–Crippen LogP) is 3.41. The Morgan fingerprint density at radius 2 is 2.15 bits per heavy atom. The largest absolute Gasteiger partial charge is 0.466 e. The van der Waals surface area contributed by atoms with Gasteiger partial charge in [-0.2, -0.15) is 0 Å². The number of aromatic amines is 1. The van der Waals surface area contributed by atoms with Gasteiger partial charge in [0.15, 0.2) is 0 Å². The van der Waals surface area contributed by atoms with Gasteiger partial charge in [0.05, 0.1) is 12.0 Å². The average Bonchev–Trinajstić information content (AvgIpc) is 3.02. The Morgan fingerprint density at radius 1 is 1.35 bits per heavy atom. The molecular weight excluding hydrogens is 326 g/mol. The molecule has 26 heavy (non-hydrogen) atoms. The van der Waals surface area contributed by atoms with Gasteiger partial charge in [-0.25, -0.2) is 4.98 Å². The van der Waals surface area contributed by atoms with E-state index in [-0.39, 0.29) is 5.97 Å². The molecule has 1 aromatic heterocycles. The number of likely N-dealkylation sites (tertiary alicyclic amines) is 1. The van der Waals surface area contributed by atoms with Gasteiger partial charge in [-0.15, -0.1) is 0 Å². The molecule has 1 atom stereocenters. The minimum absolute atomic E-state index is 0.0613. The zero-order valence-corrected chi connectivity index (χ0v) is 16.0. The van der Waals surface area contributed by atoms with Crippen LogP contribution in [-0.4, -0.2) is 40.5 Å². The van der Waals surface area contributed by atoms with Crippen LogP contribution >= 0.6 is 0 Å². The van der Waals surface area contributed by atoms with Crippen molar-refractivity contribution in [3.05, 3.63) is 53.1 Å². The van der Waals surface area contributed by atoms with Crippen molar-refractivity contribution in [2.24, 2.45) is 5.41 Å². The Kier molecular flexibility index (Phi) is 5.77. The summed E-state index contributed by atoms with van der Waals surface area (Å²) in [4.78, 5) is 22.9. The molecule has 0 aliphatic carbocycles. The molecule has 0 bridgehead atoms. The molecule has 1 aromatic carbocycles. The van der Waals surface area contributed by atoms with Gasteiger partial charge < -0.3 is 9.72 Å². The van der Waals surface area contributed by atoms with Gasteiger partial charge >= 0.3 is 5.97 Å². The first kappa shape index (κ1) is 18.6. The molecule has 1 aliphatic heterocycles. The quantitative estimate of drug-likeness (QED) is 0.807. The third kappa shape index (κ3) is 4.15. The lowest BCUT2D eigenvalue weighted by Gasteiger charge is -2.41. The summed E-state index contributed by atoms with van der Waals surface area (Å²) in [5.74, 6) is 0.863. The summed E-state index contributed by atoms with van der Waals surface area (Å²) in [7, 11) is 0. The Bertz CT molecular complexity index is 755. The summed E-state index contributed by atoms with van der Waals surface area (Å²) in [6, 6.07) is 8.34. The molecule has 0 unspecified atom stereocenters. The predicted molar refractivity (Wildman–Crippen MR) is 102 cm³/mol. The van der Waals surface area contributed by atoms with Crippen molar-refractivity contribution in [3.8, 4) is 0 Å². The second kappa shape index (κ2) is 8.04. The molecular formula is C21H29N3O2. The van der Waals surface area contributed by atoms with Crippen LogP contribution in [0.1, 0.15) is 42.4 Å². The third-order valence-corrected chi connectivity index (χ3v) is 5.30. The van der Waals surface area contributed by atoms with E-state index in [1.807, 2.05) is 26.1 Å². The number of rotatable bonds is 6. The maximum absolute atomic E-state index is 13.0. The number of aryl methyl sites for hydroxylation is 2. The van der Waals surface area contributed by atoms with Crippen LogP contribution in [-0.2, 0) is 22.5 Å². The monoisotopic (exact) mass is 355 g/mol. The summed E-state index contributed by atoms with van der Waals surface area (Å²) in [5, 5.41) is 0. The lowest BCUT2D eigenvalue weighted by Crippen LogP contribution is -2.49. The summed E-state index contributed by atoms with van der Waals surface area (Å²) in [6.45, 7) is 8.88. The van der Waals surface area contributed by atoms with E-state index in [4.69, 9.17) is 4.74 Å². The standard InChI is InChI=1S/C21H29N3O2/c1-4-26-20(25)21(12-18-9-6-5-8-16(18)2)10-7-11-24(15-21)14-19-13-22-17(3)23-19/h5-6,8-9,13H,4,7,10-12,14-15H2,1-3H3,(H,22,23)/t21-/m0/s1. The van der Waals surface area contributed by atoms with Crippen molar-refractivity contribution in [2.75, 3.05) is 19.7 Å². The first-order valence-corrected chi connectivity index (χ1v) is 9.47. The lowest BCUT2D eigenvalue weighted by molar-refractivity contribution is -0.159. The van der Waals surface area contributed by atoms with Crippen LogP contribution in [0.3, 0.4) is 0 Å². The molecule has 0 saturated carbocycles. The Balaban J connectivity index is 1.82. The normalized spacial score (nSPS) is 20.9. The zero-order chi connectivity index (χ0) is 18.6. The van der Waals surface area contributed by atoms with Gasteiger partial charge in [0.25, 0.3) is 0 Å². The minimum atomic E-state index is -0.477. The van der Waals surface area contributed by atoms with E-state index in [1.165, 1.54) is 11.1 Å². The number of H-pyrrole nitrogens is 1. The van der Waals surface area contributed by atoms with Crippen LogP contribution < -0.4 is 0 Å². The van der Waals surface area contributed by atoms with Crippen molar-refractivity contribution in [3.63, 3.8) is 0 Å². The smallest absolute Gasteiger partial charge is 0.313 e. The molecule has 0 radical (unpaired) electrons. The van der Waals surface area contributed by atoms with Crippen LogP contribution in [0.15, 0.2) is 30.5 Å². The molecule has 0 amide bonds. The first-order valence-electron chi connectivity index (χ1n) is 9.47. The number of aromatic nitrogens is 2. The summed E-state index contributed by atoms with van der Waals surface area (Å²) in [5.41, 5.74) is 3.09. The van der Waals surface area contributed by atoms with E-state index in [9.17, 15) is 4.79 Å². The fourth-order valence-electron chi connectivity index (χ4n) is 4.00. The second-order valence-electron chi connectivity index (χ2n) is 7.41. The number of imidazole rings is 1. The summed E-state index contributed by atoms with van der Waals surface area (Å²) in [6.07, 6.45) is 4.49. The molecule has 5 nitrogen and oxygen atoms in total. The van der Waals surface area contributed by atoms with Gasteiger partial charge in [0.1, 0.15) is 5.82 Å². The number of benzene rings is 1. The fourth-order valence-corrected chi connectivity index (χ4v) is 4.00. The van der Waals surface area contributed by atoms with Crippen molar-refractivity contribution in [1.29, 1.82) is 0 Å². The number of piperidine rings is 1. The van der Waals surface area contributed by atoms with E-state index < -0.39 is 5.41 Å². The molecule has 3 rings (SSSR count). The van der Waals surface area contributed by atoms with Gasteiger partial charge in [-0.3, -0.25) is 9.69 Å². The molecule has 0 spiro atoms. The minimum Gasteiger partial charge on any atom is -0.466 e. The van der Waals surface area contributed by atoms with Gasteiger partial charge in [-0.05, 0) is 57.7 Å². The first-order chi connectivity index (χ1) is 12.5. The third-order valence-electron chi connectivity index (χ3n) is 5.30. The van der Waals surface area contributed by atoms with E-state index in [0.29, 0.717) is 6.61 Å². The van der Waals surface area contributed by atoms with Crippen LogP contribution in [0.4, 0.5) is 0 Å². The molecule has 1 aliphatic rings. The number of nitrogens with zero attached hydrogens (tertiary/aromatic N) is 2. The number of hydrogen-bond donors (Lipinski definition) is 1. The van der Waals surface area contributed by atoms with Gasteiger partial charge in [0, 0.05) is 25.0 Å². The molecule has 2 aromatic rings. The molecule has 1 N–H and O–H groups in total. The Morgan fingerprint density at radius 3 is 2.85 bits per heavy atom. The highest BCUT2D eigenvalue weighted by Crippen LogP contribution is 2.36. The molecule has 2 heterocycles. The molecule has 5 heteroatoms. The molecule has 1 saturated heterocycles. The van der Waals surface area contributed by atoms with Crippen molar-refractivity contribution < 1.29 is 9.53 Å². The fraction of sp³-hybridized carbons (Fsp3) is 0.524. The highest BCUT2D eigenvalue weighted by atomic mass is 16.5. The molecule has 1 fully saturated rings. The second-order valence-corrected chi connectivity index (χ2v) is 7.41. The van der Waals surface area contributed by atoms with Gasteiger partial charge in [-0.1, -0.05) is 24.3 Å². The van der Waals surface area contributed by atoms with Crippen LogP contribution in [0, 0.1) is 19.3 Å². The topological polar surface area (TPSA) is 58.2 Å². The number of esters is 1. The number of carbonyl (C=O) groups excluding carboxylic acids is 1. The molecule has 140 valence electrons. The van der Waals surface area contributed by atoms with E-state index >= 15 is 0 Å². The van der Waals surface area contributed by atoms with Crippen molar-refractivity contribution in [1.82, 2.24) is 14.9 Å². The van der Waals surface area contributed by atoms with E-state index in [0.717, 1.165) is 50.4 Å². The number of carbonyl (C=O) groups is 1. The SMILES string of the molecule is CCOC(=O)[C@]1(Cc2ccccc2C)CCCN(Cc2cnc(C)[nH]2)C1. The number of ether oxygens (including phenoxy) is 1. The van der Waals surface area contributed by atoms with Crippen LogP contribution in [0.5, 0.6) is 0 Å². The van der Waals surface area contributed by atoms with Crippen molar-refractivity contribution >= 4 is 5.97 Å². The number of hydrogen-bond acceptors (Lipinski definition) is 4. The lowest BCUT2D eigenvalue weighted by atomic mass is 9.74. The number of nitrogens with one attached hydrogen (secondary N) is 1. The zero-order valence-electron chi connectivity index (χ0n) is 16.0. The highest BCUT2D eigenvalue weighted by molar-refractivity contribution is 5.78. The highest BCUT2D eigenvalue weighted by Gasteiger charge is 2.43. The van der Waals surface area contributed by atoms with E-state index in [2.05, 4.69) is 40.0 Å². The van der Waals surface area contributed by atoms with Gasteiger partial charge in [0.2, 0.25) is 0 Å². The Labute approximate surface area is 155 Å². The maximum atomic E-state index is 13.0. The van der Waals surface area contributed by atoms with Crippen molar-refractivity contribution in [2.45, 2.75) is 46.6 Å². The van der Waals surface area contributed by atoms with E-state index in [1.54, 1.807) is 0 Å². The Hall–Kier alpha value is -2.14. The summed E-state index contributed by atoms with van der Waals surface area (Å²) >= 11 is 0. The summed E-state index contributed by atoms with van der Waals surface area (Å²) < 4.78 is 5.51. The average molecular weight is 355 g/mol. The van der Waals surface area contributed by atoms with Crippen LogP contribution in [0.25, 0.3) is 0 Å². The maximum Gasteiger partial charge on any atom is 0.313 e. The van der Waals surface area contributed by atoms with Crippen LogP contribution in [0.2, 0.25) is 0 Å².